The summed E-state index contributed by atoms with van der Waals surface area (Å²) in [6.07, 6.45) is -5.83. The van der Waals surface area contributed by atoms with Crippen molar-refractivity contribution in [3.63, 3.8) is 0 Å². The van der Waals surface area contributed by atoms with E-state index in [4.69, 9.17) is 16.6 Å². The largest absolute Gasteiger partial charge is 0.479 e. The summed E-state index contributed by atoms with van der Waals surface area (Å²) in [6.45, 7) is 0.463. The van der Waals surface area contributed by atoms with Crippen LogP contribution in [0, 0.1) is 0 Å². The van der Waals surface area contributed by atoms with Crippen LogP contribution in [-0.4, -0.2) is 99.3 Å². The van der Waals surface area contributed by atoms with Crippen molar-refractivity contribution in [1.29, 1.82) is 0 Å². The molecular formula is C20H37N3O10. The molecule has 10 N–H and O–H groups in total. The number of carboxylic acids is 1. The molecule has 0 bridgehead atoms. The fourth-order valence-corrected chi connectivity index (χ4v) is 2.99. The number of carboxylic acid groups (broad SMARTS) is 1. The third kappa shape index (κ3) is 11.5. The van der Waals surface area contributed by atoms with Gasteiger partial charge in [-0.15, -0.1) is 0 Å². The molecule has 1 unspecified atom stereocenters. The summed E-state index contributed by atoms with van der Waals surface area (Å²) in [4.78, 5) is 46.6. The minimum atomic E-state index is -2.35. The molecule has 0 fully saturated rings. The second kappa shape index (κ2) is 16.5. The van der Waals surface area contributed by atoms with Crippen LogP contribution in [0.25, 0.3) is 0 Å². The van der Waals surface area contributed by atoms with Gasteiger partial charge in [0, 0.05) is 6.42 Å². The first-order chi connectivity index (χ1) is 15.5. The van der Waals surface area contributed by atoms with Gasteiger partial charge in [0.15, 0.2) is 11.9 Å². The Kier molecular flexibility index (Phi) is 15.4. The van der Waals surface area contributed by atoms with E-state index in [1.807, 2.05) is 0 Å². The quantitative estimate of drug-likeness (QED) is 0.0731. The molecule has 0 radical (unpaired) electrons. The number of aliphatic hydroxyl groups excluding tert-OH is 4. The number of aliphatic hydroxyl groups is 4. The van der Waals surface area contributed by atoms with Crippen LogP contribution in [-0.2, 0) is 23.9 Å². The summed E-state index contributed by atoms with van der Waals surface area (Å²) in [5, 5.41) is 49.2. The zero-order valence-electron chi connectivity index (χ0n) is 18.8. The Hall–Kier alpha value is -2.16. The number of ether oxygens (including phenoxy) is 1. The summed E-state index contributed by atoms with van der Waals surface area (Å²) in [5.41, 5.74) is 11.3. The van der Waals surface area contributed by atoms with E-state index in [9.17, 15) is 39.6 Å². The molecule has 192 valence electrons. The number of nitrogens with two attached hydrogens (primary N) is 2. The monoisotopic (exact) mass is 479 g/mol. The summed E-state index contributed by atoms with van der Waals surface area (Å²) in [7, 11) is 1.22. The number of rotatable bonds is 18. The molecule has 13 heteroatoms. The van der Waals surface area contributed by atoms with E-state index in [2.05, 4.69) is 10.1 Å². The molecule has 0 aliphatic rings. The molecule has 0 aromatic carbocycles. The number of carbonyl (C=O) groups is 4. The third-order valence-electron chi connectivity index (χ3n) is 5.10. The van der Waals surface area contributed by atoms with Gasteiger partial charge < -0.3 is 47.1 Å². The predicted molar refractivity (Wildman–Crippen MR) is 115 cm³/mol. The maximum absolute atomic E-state index is 12.2. The van der Waals surface area contributed by atoms with Crippen LogP contribution >= 0.6 is 0 Å². The Labute approximate surface area is 192 Å². The number of unbranched alkanes of at least 4 members (excludes halogenated alkanes) is 3. The van der Waals surface area contributed by atoms with Gasteiger partial charge in [-0.3, -0.25) is 9.59 Å². The van der Waals surface area contributed by atoms with E-state index >= 15 is 0 Å². The summed E-state index contributed by atoms with van der Waals surface area (Å²) in [6, 6.07) is -1.71. The molecule has 0 aliphatic heterocycles. The van der Waals surface area contributed by atoms with Gasteiger partial charge in [-0.05, 0) is 38.6 Å². The predicted octanol–water partition coefficient (Wildman–Crippen LogP) is -2.85. The van der Waals surface area contributed by atoms with Gasteiger partial charge in [-0.1, -0.05) is 12.8 Å². The lowest BCUT2D eigenvalue weighted by molar-refractivity contribution is -0.165. The topological polar surface area (TPSA) is 243 Å². The van der Waals surface area contributed by atoms with Crippen molar-refractivity contribution in [3.05, 3.63) is 0 Å². The van der Waals surface area contributed by atoms with Gasteiger partial charge in [0.05, 0.1) is 13.2 Å². The highest BCUT2D eigenvalue weighted by Crippen LogP contribution is 2.12. The first-order valence-electron chi connectivity index (χ1n) is 10.8. The van der Waals surface area contributed by atoms with Gasteiger partial charge in [0.1, 0.15) is 24.4 Å². The second-order valence-corrected chi connectivity index (χ2v) is 7.75. The number of hydrogen-bond donors (Lipinski definition) is 8. The van der Waals surface area contributed by atoms with Crippen LogP contribution in [0.2, 0.25) is 0 Å². The number of esters is 1. The van der Waals surface area contributed by atoms with Gasteiger partial charge >= 0.3 is 11.9 Å². The van der Waals surface area contributed by atoms with Crippen molar-refractivity contribution < 1.29 is 49.4 Å². The molecule has 0 aromatic heterocycles. The lowest BCUT2D eigenvalue weighted by atomic mass is 9.97. The number of amides is 1. The van der Waals surface area contributed by atoms with E-state index in [-0.39, 0.29) is 19.3 Å². The molecule has 33 heavy (non-hydrogen) atoms. The second-order valence-electron chi connectivity index (χ2n) is 7.75. The van der Waals surface area contributed by atoms with Crippen LogP contribution in [0.5, 0.6) is 0 Å². The van der Waals surface area contributed by atoms with Crippen LogP contribution in [0.1, 0.15) is 51.4 Å². The van der Waals surface area contributed by atoms with E-state index in [0.29, 0.717) is 38.6 Å². The highest BCUT2D eigenvalue weighted by Gasteiger charge is 2.36. The third-order valence-corrected chi connectivity index (χ3v) is 5.10. The normalized spacial score (nSPS) is 16.7. The van der Waals surface area contributed by atoms with Crippen molar-refractivity contribution >= 4 is 23.6 Å². The molecule has 6 atom stereocenters. The van der Waals surface area contributed by atoms with Crippen molar-refractivity contribution in [3.8, 4) is 0 Å². The summed E-state index contributed by atoms with van der Waals surface area (Å²) >= 11 is 0. The number of methoxy groups -OCH3 is 1. The smallest absolute Gasteiger partial charge is 0.335 e. The minimum absolute atomic E-state index is 0.179. The van der Waals surface area contributed by atoms with Crippen LogP contribution in [0.4, 0.5) is 0 Å². The molecule has 0 saturated heterocycles. The zero-order chi connectivity index (χ0) is 25.6. The van der Waals surface area contributed by atoms with E-state index in [1.165, 1.54) is 7.11 Å². The highest BCUT2D eigenvalue weighted by molar-refractivity contribution is 5.87. The summed E-state index contributed by atoms with van der Waals surface area (Å²) < 4.78 is 4.68. The number of aliphatic carboxylic acids is 1. The molecule has 0 aliphatic carbocycles. The molecule has 0 rings (SSSR count). The molecular weight excluding hydrogens is 442 g/mol. The first kappa shape index (κ1) is 30.8. The molecule has 0 spiro atoms. The van der Waals surface area contributed by atoms with Crippen LogP contribution in [0.3, 0.4) is 0 Å². The lowest BCUT2D eigenvalue weighted by Gasteiger charge is -2.23. The standard InChI is InChI=1S/C20H37N3O10/c1-33-20(32)12(8-5-6-10-21)23-18(29)11(22)7-3-2-4-9-13(24)14(25)15(26)16(27)17(28)19(30)31/h11-12,14-17,25-28H,2-10,21-22H2,1H3,(H,23,29)(H,30,31)/t11-,12?,14+,15-,16-,17+/m0/s1. The fraction of sp³-hybridized carbons (Fsp3) is 0.800. The van der Waals surface area contributed by atoms with Gasteiger partial charge in [-0.25, -0.2) is 9.59 Å². The van der Waals surface area contributed by atoms with Gasteiger partial charge in [-0.2, -0.15) is 0 Å². The average molecular weight is 480 g/mol. The maximum Gasteiger partial charge on any atom is 0.335 e. The Morgan fingerprint density at radius 1 is 0.879 bits per heavy atom. The van der Waals surface area contributed by atoms with Crippen molar-refractivity contribution in [1.82, 2.24) is 5.32 Å². The van der Waals surface area contributed by atoms with E-state index < -0.39 is 60.1 Å². The zero-order valence-corrected chi connectivity index (χ0v) is 18.8. The average Bonchev–Trinajstić information content (AvgIpc) is 2.80. The fourth-order valence-electron chi connectivity index (χ4n) is 2.99. The molecule has 13 nitrogen and oxygen atoms in total. The van der Waals surface area contributed by atoms with E-state index in [1.54, 1.807) is 0 Å². The number of hydrogen-bond acceptors (Lipinski definition) is 11. The number of Topliss-reactive ketones (excluding diaryl/α,β-unsaturated/α-hetero) is 1. The maximum atomic E-state index is 12.2. The molecule has 1 amide bonds. The van der Waals surface area contributed by atoms with Crippen molar-refractivity contribution in [2.75, 3.05) is 13.7 Å². The van der Waals surface area contributed by atoms with E-state index in [0.717, 1.165) is 0 Å². The summed E-state index contributed by atoms with van der Waals surface area (Å²) in [5.74, 6) is -3.74. The van der Waals surface area contributed by atoms with Crippen molar-refractivity contribution in [2.24, 2.45) is 11.5 Å². The molecule has 0 aromatic rings. The molecule has 0 heterocycles. The first-order valence-corrected chi connectivity index (χ1v) is 10.8. The molecule has 0 saturated carbocycles. The highest BCUT2D eigenvalue weighted by atomic mass is 16.5. The number of nitrogens with one attached hydrogen (secondary N) is 1. The Morgan fingerprint density at radius 2 is 1.45 bits per heavy atom. The van der Waals surface area contributed by atoms with Crippen LogP contribution in [0.15, 0.2) is 0 Å². The van der Waals surface area contributed by atoms with Gasteiger partial charge in [0.25, 0.3) is 0 Å². The Balaban J connectivity index is 4.36. The van der Waals surface area contributed by atoms with Crippen molar-refractivity contribution in [2.45, 2.75) is 87.9 Å². The van der Waals surface area contributed by atoms with Crippen LogP contribution < -0.4 is 16.8 Å². The number of carbonyl (C=O) groups excluding carboxylic acids is 3. The Morgan fingerprint density at radius 3 is 2.00 bits per heavy atom. The van der Waals surface area contributed by atoms with Gasteiger partial charge in [0.2, 0.25) is 5.91 Å². The number of ketones is 1. The Bertz CT molecular complexity index is 633. The SMILES string of the molecule is COC(=O)C(CCCCN)NC(=O)[C@@H](N)CCCCCC(=O)[C@@H](O)[C@H](O)[C@H](O)[C@@H](O)C(=O)O. The minimum Gasteiger partial charge on any atom is -0.479 e. The lowest BCUT2D eigenvalue weighted by Crippen LogP contribution is -2.50.